The maximum atomic E-state index is 13.9. The van der Waals surface area contributed by atoms with Crippen molar-refractivity contribution in [3.63, 3.8) is 0 Å². The summed E-state index contributed by atoms with van der Waals surface area (Å²) < 4.78 is 2.87. The number of aromatic nitrogens is 3. The largest absolute Gasteiger partial charge is 0.858 e. The number of hydrogen-bond acceptors (Lipinski definition) is 4. The van der Waals surface area contributed by atoms with Crippen LogP contribution in [0.4, 0.5) is 0 Å². The minimum Gasteiger partial charge on any atom is -0.858 e. The van der Waals surface area contributed by atoms with Gasteiger partial charge < -0.3 is 5.11 Å². The van der Waals surface area contributed by atoms with E-state index < -0.39 is 17.7 Å². The molecule has 0 fully saturated rings. The van der Waals surface area contributed by atoms with E-state index in [4.69, 9.17) is 0 Å². The summed E-state index contributed by atoms with van der Waals surface area (Å²) in [4.78, 5) is 28.9. The fraction of sp³-hybridized carbons (Fsp3) is 0.143. The Balaban J connectivity index is 1.76. The molecule has 0 radical (unpaired) electrons. The van der Waals surface area contributed by atoms with Crippen LogP contribution in [0.5, 0.6) is 5.88 Å². The molecule has 0 atom stereocenters. The van der Waals surface area contributed by atoms with Crippen molar-refractivity contribution in [2.75, 3.05) is 0 Å². The predicted octanol–water partition coefficient (Wildman–Crippen LogP) is 3.00. The van der Waals surface area contributed by atoms with Gasteiger partial charge in [0, 0.05) is 29.3 Å². The zero-order valence-electron chi connectivity index (χ0n) is 19.7. The average Bonchev–Trinajstić information content (AvgIpc) is 3.27. The third-order valence-corrected chi connectivity index (χ3v) is 6.02. The molecular formula is C28H24N4O3. The van der Waals surface area contributed by atoms with Gasteiger partial charge in [-0.2, -0.15) is 9.67 Å². The van der Waals surface area contributed by atoms with E-state index in [0.29, 0.717) is 11.3 Å². The molecule has 0 spiro atoms. The molecule has 0 saturated carbocycles. The lowest BCUT2D eigenvalue weighted by atomic mass is 10.00. The van der Waals surface area contributed by atoms with Gasteiger partial charge in [0.05, 0.1) is 12.2 Å². The molecule has 3 heterocycles. The van der Waals surface area contributed by atoms with E-state index in [1.165, 1.54) is 9.58 Å². The van der Waals surface area contributed by atoms with Crippen LogP contribution in [0.3, 0.4) is 0 Å². The third kappa shape index (κ3) is 3.91. The lowest BCUT2D eigenvalue weighted by Crippen LogP contribution is -2.39. The van der Waals surface area contributed by atoms with Crippen LogP contribution in [0.15, 0.2) is 79.1 Å². The summed E-state index contributed by atoms with van der Waals surface area (Å²) in [5.41, 5.74) is 4.09. The molecule has 35 heavy (non-hydrogen) atoms. The predicted molar refractivity (Wildman–Crippen MR) is 129 cm³/mol. The third-order valence-electron chi connectivity index (χ3n) is 6.02. The van der Waals surface area contributed by atoms with Gasteiger partial charge in [-0.15, -0.1) is 0 Å². The first-order valence-electron chi connectivity index (χ1n) is 11.3. The Hall–Kier alpha value is -4.52. The van der Waals surface area contributed by atoms with Crippen molar-refractivity contribution >= 4 is 23.1 Å². The fourth-order valence-electron chi connectivity index (χ4n) is 4.51. The summed E-state index contributed by atoms with van der Waals surface area (Å²) >= 11 is 0. The average molecular weight is 465 g/mol. The molecule has 174 valence electrons. The minimum atomic E-state index is -0.511. The van der Waals surface area contributed by atoms with Crippen LogP contribution in [0.1, 0.15) is 22.3 Å². The molecule has 0 N–H and O–H groups in total. The van der Waals surface area contributed by atoms with Crippen molar-refractivity contribution in [2.24, 2.45) is 7.05 Å². The van der Waals surface area contributed by atoms with Crippen molar-refractivity contribution < 1.29 is 19.3 Å². The first kappa shape index (κ1) is 22.3. The van der Waals surface area contributed by atoms with Crippen molar-refractivity contribution in [3.05, 3.63) is 101 Å². The maximum absolute atomic E-state index is 13.9. The van der Waals surface area contributed by atoms with E-state index in [2.05, 4.69) is 5.10 Å². The summed E-state index contributed by atoms with van der Waals surface area (Å²) in [6.07, 6.45) is 3.59. The smallest absolute Gasteiger partial charge is 0.327 e. The normalized spacial score (nSPS) is 13.7. The summed E-state index contributed by atoms with van der Waals surface area (Å²) in [6, 6.07) is 20.5. The molecule has 1 aliphatic heterocycles. The van der Waals surface area contributed by atoms with Gasteiger partial charge in [0.1, 0.15) is 5.57 Å². The Bertz CT molecular complexity index is 1470. The van der Waals surface area contributed by atoms with Gasteiger partial charge in [-0.05, 0) is 31.4 Å². The lowest BCUT2D eigenvalue weighted by molar-refractivity contribution is -0.577. The first-order chi connectivity index (χ1) is 16.8. The van der Waals surface area contributed by atoms with Crippen LogP contribution in [0.2, 0.25) is 0 Å². The standard InChI is InChI=1S/C28H24N4O3/c1-18-14-19(2)16-31(15-18)25-23(27(34)32(28(25)35)17-20-10-6-4-7-11-20)22-24(29-30(3)26(22)33)21-12-8-5-9-13-21/h4-16H,17H2,1-3H3. The molecule has 4 aromatic rings. The van der Waals surface area contributed by atoms with Gasteiger partial charge in [0.2, 0.25) is 0 Å². The van der Waals surface area contributed by atoms with Gasteiger partial charge >= 0.3 is 5.91 Å². The van der Waals surface area contributed by atoms with E-state index in [1.54, 1.807) is 24.0 Å². The van der Waals surface area contributed by atoms with Crippen LogP contribution < -0.4 is 9.67 Å². The molecule has 2 aromatic heterocycles. The van der Waals surface area contributed by atoms with Gasteiger partial charge in [0.25, 0.3) is 11.6 Å². The van der Waals surface area contributed by atoms with E-state index in [1.807, 2.05) is 80.6 Å². The number of hydrogen-bond donors (Lipinski definition) is 0. The van der Waals surface area contributed by atoms with Crippen LogP contribution >= 0.6 is 0 Å². The van der Waals surface area contributed by atoms with Crippen molar-refractivity contribution in [3.8, 4) is 17.1 Å². The van der Waals surface area contributed by atoms with Crippen molar-refractivity contribution in [2.45, 2.75) is 20.4 Å². The zero-order chi connectivity index (χ0) is 24.7. The quantitative estimate of drug-likeness (QED) is 0.336. The van der Waals surface area contributed by atoms with E-state index in [9.17, 15) is 14.7 Å². The fourth-order valence-corrected chi connectivity index (χ4v) is 4.51. The Kier molecular flexibility index (Phi) is 5.53. The first-order valence-corrected chi connectivity index (χ1v) is 11.3. The minimum absolute atomic E-state index is 0.0675. The number of carbonyl (C=O) groups excluding carboxylic acids is 2. The number of aryl methyl sites for hydroxylation is 3. The summed E-state index contributed by atoms with van der Waals surface area (Å²) in [5, 5.41) is 17.8. The molecular weight excluding hydrogens is 440 g/mol. The van der Waals surface area contributed by atoms with Gasteiger partial charge in [0.15, 0.2) is 12.4 Å². The molecule has 2 aromatic carbocycles. The number of rotatable bonds is 5. The second kappa shape index (κ2) is 8.68. The number of carbonyl (C=O) groups is 2. The molecule has 0 bridgehead atoms. The number of nitrogens with zero attached hydrogens (tertiary/aromatic N) is 4. The van der Waals surface area contributed by atoms with Crippen LogP contribution in [-0.2, 0) is 23.2 Å². The molecule has 7 heteroatoms. The van der Waals surface area contributed by atoms with Crippen molar-refractivity contribution in [1.82, 2.24) is 14.7 Å². The molecule has 0 aliphatic carbocycles. The Morgan fingerprint density at radius 3 is 2.11 bits per heavy atom. The van der Waals surface area contributed by atoms with E-state index in [-0.39, 0.29) is 23.4 Å². The zero-order valence-corrected chi connectivity index (χ0v) is 19.7. The van der Waals surface area contributed by atoms with Gasteiger partial charge in [-0.1, -0.05) is 60.7 Å². The second-order valence-electron chi connectivity index (χ2n) is 8.72. The van der Waals surface area contributed by atoms with Gasteiger partial charge in [-0.25, -0.2) is 0 Å². The molecule has 1 aliphatic rings. The van der Waals surface area contributed by atoms with Gasteiger partial charge in [-0.3, -0.25) is 19.2 Å². The Morgan fingerprint density at radius 2 is 1.49 bits per heavy atom. The van der Waals surface area contributed by atoms with Crippen LogP contribution in [0, 0.1) is 13.8 Å². The lowest BCUT2D eigenvalue weighted by Gasteiger charge is -2.15. The van der Waals surface area contributed by atoms with Crippen molar-refractivity contribution in [1.29, 1.82) is 0 Å². The highest BCUT2D eigenvalue weighted by Gasteiger charge is 2.46. The number of amides is 2. The van der Waals surface area contributed by atoms with Crippen LogP contribution in [0.25, 0.3) is 22.5 Å². The van der Waals surface area contributed by atoms with Crippen LogP contribution in [-0.4, -0.2) is 26.5 Å². The highest BCUT2D eigenvalue weighted by molar-refractivity contribution is 6.45. The summed E-state index contributed by atoms with van der Waals surface area (Å²) in [7, 11) is 1.55. The summed E-state index contributed by atoms with van der Waals surface area (Å²) in [5.74, 6) is -1.39. The monoisotopic (exact) mass is 464 g/mol. The Labute approximate surface area is 203 Å². The highest BCUT2D eigenvalue weighted by atomic mass is 16.3. The topological polar surface area (TPSA) is 82.1 Å². The number of pyridine rings is 1. The number of imide groups is 1. The molecule has 2 amide bonds. The maximum Gasteiger partial charge on any atom is 0.327 e. The number of benzene rings is 2. The molecule has 0 saturated heterocycles. The molecule has 7 nitrogen and oxygen atoms in total. The molecule has 0 unspecified atom stereocenters. The van der Waals surface area contributed by atoms with E-state index in [0.717, 1.165) is 16.7 Å². The highest BCUT2D eigenvalue weighted by Crippen LogP contribution is 2.39. The second-order valence-corrected chi connectivity index (χ2v) is 8.72. The van der Waals surface area contributed by atoms with E-state index >= 15 is 0 Å². The SMILES string of the molecule is Cc1cc(C)c[n+](C2=C(c3c(-c4ccccc4)nn(C)c3[O-])C(=O)N(Cc3ccccc3)C2=O)c1. The molecule has 5 rings (SSSR count). The summed E-state index contributed by atoms with van der Waals surface area (Å²) in [6.45, 7) is 3.95. The Morgan fingerprint density at radius 1 is 0.886 bits per heavy atom.